The number of carboxylic acids is 1. The Balaban J connectivity index is 1.64. The molecule has 1 heterocycles. The number of methoxy groups -OCH3 is 1. The summed E-state index contributed by atoms with van der Waals surface area (Å²) >= 11 is 6.14. The van der Waals surface area contributed by atoms with Gasteiger partial charge in [-0.25, -0.2) is 9.59 Å². The van der Waals surface area contributed by atoms with Gasteiger partial charge in [-0.05, 0) is 43.2 Å². The van der Waals surface area contributed by atoms with E-state index in [-0.39, 0.29) is 30.3 Å². The zero-order valence-electron chi connectivity index (χ0n) is 19.8. The molecule has 0 saturated heterocycles. The summed E-state index contributed by atoms with van der Waals surface area (Å²) in [5.74, 6) is -0.213. The zero-order chi connectivity index (χ0) is 25.5. The van der Waals surface area contributed by atoms with Crippen molar-refractivity contribution >= 4 is 29.5 Å². The molecule has 2 N–H and O–H groups in total. The van der Waals surface area contributed by atoms with E-state index in [9.17, 15) is 19.5 Å². The van der Waals surface area contributed by atoms with Crippen molar-refractivity contribution < 1.29 is 29.0 Å². The molecule has 0 fully saturated rings. The third-order valence-corrected chi connectivity index (χ3v) is 5.90. The number of carbonyl (C=O) groups excluding carboxylic acids is 2. The second-order valence-corrected chi connectivity index (χ2v) is 8.50. The largest absolute Gasteiger partial charge is 0.497 e. The van der Waals surface area contributed by atoms with E-state index in [1.54, 1.807) is 69.6 Å². The highest BCUT2D eigenvalue weighted by Crippen LogP contribution is 2.34. The lowest BCUT2D eigenvalue weighted by Gasteiger charge is -2.37. The van der Waals surface area contributed by atoms with Gasteiger partial charge in [-0.1, -0.05) is 29.8 Å². The molecule has 0 spiro atoms. The maximum atomic E-state index is 12.8. The van der Waals surface area contributed by atoms with Crippen molar-refractivity contribution in [3.8, 4) is 11.5 Å². The fourth-order valence-electron chi connectivity index (χ4n) is 3.86. The van der Waals surface area contributed by atoms with Gasteiger partial charge in [0.15, 0.2) is 6.61 Å². The monoisotopic (exact) mass is 501 g/mol. The molecule has 10 heteroatoms. The number of allylic oxidation sites excluding steroid dienone is 1. The van der Waals surface area contributed by atoms with Gasteiger partial charge in [-0.2, -0.15) is 0 Å². The first-order valence-electron chi connectivity index (χ1n) is 11.0. The average Bonchev–Trinajstić information content (AvgIpc) is 2.83. The quantitative estimate of drug-likeness (QED) is 0.514. The lowest BCUT2D eigenvalue weighted by molar-refractivity contribution is -0.133. The van der Waals surface area contributed by atoms with Crippen molar-refractivity contribution in [2.45, 2.75) is 19.4 Å². The van der Waals surface area contributed by atoms with Crippen LogP contribution in [-0.4, -0.2) is 66.7 Å². The van der Waals surface area contributed by atoms with Crippen LogP contribution in [0.15, 0.2) is 59.8 Å². The highest BCUT2D eigenvalue weighted by molar-refractivity contribution is 6.30. The van der Waals surface area contributed by atoms with Crippen molar-refractivity contribution in [2.24, 2.45) is 0 Å². The Bertz CT molecular complexity index is 1140. The maximum Gasteiger partial charge on any atom is 0.335 e. The van der Waals surface area contributed by atoms with Crippen molar-refractivity contribution in [2.75, 3.05) is 33.9 Å². The Hall–Kier alpha value is -3.72. The minimum atomic E-state index is -1.13. The molecule has 0 aliphatic carbocycles. The highest BCUT2D eigenvalue weighted by atomic mass is 35.5. The third kappa shape index (κ3) is 6.45. The van der Waals surface area contributed by atoms with Crippen LogP contribution in [0.4, 0.5) is 4.79 Å². The van der Waals surface area contributed by atoms with Crippen LogP contribution in [-0.2, 0) is 9.59 Å². The normalized spacial score (nSPS) is 15.5. The molecule has 0 bridgehead atoms. The van der Waals surface area contributed by atoms with E-state index in [0.717, 1.165) is 0 Å². The number of hydrogen-bond acceptors (Lipinski definition) is 5. The van der Waals surface area contributed by atoms with Crippen LogP contribution in [0.1, 0.15) is 24.9 Å². The standard InChI is InChI=1S/C25H28ClN3O6/c1-16-22(24(31)32)23(17-7-4-8-18(26)13-17)29(25(33)27-16)12-6-11-28(2)21(30)15-35-20-10-5-9-19(14-20)34-3/h4-5,7-10,13-14,23H,6,11-12,15H2,1-3H3,(H,27,33)(H,31,32). The molecule has 2 aromatic carbocycles. The van der Waals surface area contributed by atoms with Gasteiger partial charge in [-0.3, -0.25) is 4.79 Å². The van der Waals surface area contributed by atoms with Gasteiger partial charge in [0.1, 0.15) is 11.5 Å². The van der Waals surface area contributed by atoms with Gasteiger partial charge < -0.3 is 29.7 Å². The summed E-state index contributed by atoms with van der Waals surface area (Å²) < 4.78 is 10.7. The molecule has 0 saturated carbocycles. The molecule has 2 aromatic rings. The molecule has 9 nitrogen and oxygen atoms in total. The van der Waals surface area contributed by atoms with Crippen LogP contribution >= 0.6 is 11.6 Å². The fourth-order valence-corrected chi connectivity index (χ4v) is 4.06. The Kier molecular flexibility index (Phi) is 8.59. The third-order valence-electron chi connectivity index (χ3n) is 5.66. The first-order valence-corrected chi connectivity index (χ1v) is 11.4. The molecule has 1 atom stereocenters. The predicted octanol–water partition coefficient (Wildman–Crippen LogP) is 3.70. The van der Waals surface area contributed by atoms with Gasteiger partial charge in [0, 0.05) is 36.9 Å². The molecule has 3 amide bonds. The number of nitrogens with zero attached hydrogens (tertiary/aromatic N) is 2. The topological polar surface area (TPSA) is 108 Å². The summed E-state index contributed by atoms with van der Waals surface area (Å²) in [6.07, 6.45) is 0.428. The number of carboxylic acid groups (broad SMARTS) is 1. The predicted molar refractivity (Wildman–Crippen MR) is 131 cm³/mol. The summed E-state index contributed by atoms with van der Waals surface area (Å²) in [6.45, 7) is 1.98. The molecule has 0 radical (unpaired) electrons. The van der Waals surface area contributed by atoms with Crippen LogP contribution in [0.3, 0.4) is 0 Å². The molecular formula is C25H28ClN3O6. The smallest absolute Gasteiger partial charge is 0.335 e. The van der Waals surface area contributed by atoms with E-state index in [1.165, 1.54) is 9.80 Å². The summed E-state index contributed by atoms with van der Waals surface area (Å²) in [6, 6.07) is 12.5. The Morgan fingerprint density at radius 3 is 2.57 bits per heavy atom. The van der Waals surface area contributed by atoms with Crippen molar-refractivity contribution in [3.05, 3.63) is 70.4 Å². The summed E-state index contributed by atoms with van der Waals surface area (Å²) in [4.78, 5) is 40.3. The second kappa shape index (κ2) is 11.6. The number of hydrogen-bond donors (Lipinski definition) is 2. The van der Waals surface area contributed by atoms with Crippen molar-refractivity contribution in [1.82, 2.24) is 15.1 Å². The van der Waals surface area contributed by atoms with E-state index in [1.807, 2.05) is 0 Å². The number of halogens is 1. The Labute approximate surface area is 208 Å². The van der Waals surface area contributed by atoms with E-state index in [2.05, 4.69) is 5.32 Å². The number of likely N-dealkylation sites (N-methyl/N-ethyl adjacent to an activating group) is 1. The maximum absolute atomic E-state index is 12.8. The summed E-state index contributed by atoms with van der Waals surface area (Å²) in [5.41, 5.74) is 0.953. The van der Waals surface area contributed by atoms with Crippen molar-refractivity contribution in [3.63, 3.8) is 0 Å². The lowest BCUT2D eigenvalue weighted by Crippen LogP contribution is -2.49. The molecule has 186 valence electrons. The number of rotatable bonds is 10. The first kappa shape index (κ1) is 25.9. The zero-order valence-corrected chi connectivity index (χ0v) is 20.5. The average molecular weight is 502 g/mol. The number of amides is 3. The lowest BCUT2D eigenvalue weighted by atomic mass is 9.93. The Morgan fingerprint density at radius 2 is 1.89 bits per heavy atom. The van der Waals surface area contributed by atoms with Crippen LogP contribution in [0.2, 0.25) is 5.02 Å². The number of nitrogens with one attached hydrogen (secondary N) is 1. The van der Waals surface area contributed by atoms with Crippen LogP contribution in [0.5, 0.6) is 11.5 Å². The van der Waals surface area contributed by atoms with Crippen LogP contribution in [0.25, 0.3) is 0 Å². The number of benzene rings is 2. The number of urea groups is 1. The molecule has 1 unspecified atom stereocenters. The van der Waals surface area contributed by atoms with Crippen LogP contribution in [0, 0.1) is 0 Å². The second-order valence-electron chi connectivity index (χ2n) is 8.06. The molecule has 0 aromatic heterocycles. The summed E-state index contributed by atoms with van der Waals surface area (Å²) in [5, 5.41) is 12.9. The van der Waals surface area contributed by atoms with E-state index in [4.69, 9.17) is 21.1 Å². The molecular weight excluding hydrogens is 474 g/mol. The Morgan fingerprint density at radius 1 is 1.17 bits per heavy atom. The van der Waals surface area contributed by atoms with Gasteiger partial charge >= 0.3 is 12.0 Å². The molecule has 1 aliphatic rings. The number of ether oxygens (including phenoxy) is 2. The number of aliphatic carboxylic acids is 1. The molecule has 3 rings (SSSR count). The van der Waals surface area contributed by atoms with E-state index >= 15 is 0 Å². The van der Waals surface area contributed by atoms with E-state index < -0.39 is 18.0 Å². The van der Waals surface area contributed by atoms with Gasteiger partial charge in [0.25, 0.3) is 5.91 Å². The SMILES string of the molecule is COc1cccc(OCC(=O)N(C)CCCN2C(=O)NC(C)=C(C(=O)O)C2c2cccc(Cl)c2)c1. The van der Waals surface area contributed by atoms with Crippen LogP contribution < -0.4 is 14.8 Å². The highest BCUT2D eigenvalue weighted by Gasteiger charge is 2.37. The molecule has 1 aliphatic heterocycles. The first-order chi connectivity index (χ1) is 16.7. The molecule has 35 heavy (non-hydrogen) atoms. The van der Waals surface area contributed by atoms with Crippen molar-refractivity contribution in [1.29, 1.82) is 0 Å². The van der Waals surface area contributed by atoms with Gasteiger partial charge in [0.2, 0.25) is 0 Å². The minimum Gasteiger partial charge on any atom is -0.497 e. The van der Waals surface area contributed by atoms with E-state index in [0.29, 0.717) is 35.1 Å². The fraction of sp³-hybridized carbons (Fsp3) is 0.320. The van der Waals surface area contributed by atoms with Gasteiger partial charge in [0.05, 0.1) is 18.7 Å². The van der Waals surface area contributed by atoms with Gasteiger partial charge in [-0.15, -0.1) is 0 Å². The summed E-state index contributed by atoms with van der Waals surface area (Å²) in [7, 11) is 3.20. The number of carbonyl (C=O) groups is 3. The minimum absolute atomic E-state index is 0.0722.